The van der Waals surface area contributed by atoms with E-state index in [1.807, 2.05) is 36.7 Å². The molecule has 1 N–H and O–H groups in total. The van der Waals surface area contributed by atoms with Gasteiger partial charge in [0.2, 0.25) is 6.79 Å². The predicted octanol–water partition coefficient (Wildman–Crippen LogP) is 6.75. The summed E-state index contributed by atoms with van der Waals surface area (Å²) < 4.78 is 53.2. The van der Waals surface area contributed by atoms with Gasteiger partial charge >= 0.3 is 6.18 Å². The summed E-state index contributed by atoms with van der Waals surface area (Å²) in [5.41, 5.74) is 1.22. The van der Waals surface area contributed by atoms with Crippen LogP contribution in [0.15, 0.2) is 66.7 Å². The Bertz CT molecular complexity index is 1400. The van der Waals surface area contributed by atoms with Crippen molar-refractivity contribution < 1.29 is 27.4 Å². The molecule has 2 aromatic carbocycles. The number of amides is 1. The molecule has 0 bridgehead atoms. The highest BCUT2D eigenvalue weighted by atomic mass is 35.5. The van der Waals surface area contributed by atoms with Gasteiger partial charge in [0.15, 0.2) is 11.3 Å². The van der Waals surface area contributed by atoms with Crippen molar-refractivity contribution in [3.63, 3.8) is 0 Å². The molecule has 1 fully saturated rings. The molecule has 2 heterocycles. The highest BCUT2D eigenvalue weighted by molar-refractivity contribution is 6.33. The van der Waals surface area contributed by atoms with E-state index in [-0.39, 0.29) is 29.3 Å². The number of halogens is 4. The molecule has 0 radical (unpaired) electrons. The largest absolute Gasteiger partial charge is 0.461 e. The van der Waals surface area contributed by atoms with E-state index in [4.69, 9.17) is 26.2 Å². The van der Waals surface area contributed by atoms with Crippen molar-refractivity contribution in [2.24, 2.45) is 5.92 Å². The van der Waals surface area contributed by atoms with Gasteiger partial charge in [-0.25, -0.2) is 0 Å². The fourth-order valence-corrected chi connectivity index (χ4v) is 6.04. The van der Waals surface area contributed by atoms with Gasteiger partial charge in [-0.15, -0.1) is 0 Å². The maximum atomic E-state index is 13.2. The monoisotopic (exact) mass is 559 g/mol. The van der Waals surface area contributed by atoms with E-state index in [1.165, 1.54) is 0 Å². The maximum Gasteiger partial charge on any atom is 0.416 e. The first-order chi connectivity index (χ1) is 18.6. The maximum absolute atomic E-state index is 13.2. The van der Waals surface area contributed by atoms with Crippen molar-refractivity contribution in [2.45, 2.75) is 57.3 Å². The summed E-state index contributed by atoms with van der Waals surface area (Å²) >= 11 is 6.10. The van der Waals surface area contributed by atoms with Gasteiger partial charge in [-0.1, -0.05) is 41.4 Å². The lowest BCUT2D eigenvalue weighted by atomic mass is 9.68. The number of hydrogen-bond donors (Lipinski definition) is 1. The minimum absolute atomic E-state index is 0.0212. The number of carbonyl (C=O) groups is 1. The fraction of sp³-hybridized carbons (Fsp3) is 0.379. The smallest absolute Gasteiger partial charge is 0.416 e. The molecule has 1 unspecified atom stereocenters. The fourth-order valence-electron chi connectivity index (χ4n) is 5.84. The average molecular weight is 560 g/mol. The lowest BCUT2D eigenvalue weighted by Crippen LogP contribution is -2.49. The summed E-state index contributed by atoms with van der Waals surface area (Å²) in [5, 5.41) is 7.61. The Kier molecular flexibility index (Phi) is 7.37. The molecular formula is C29H29ClF3N3O3. The van der Waals surface area contributed by atoms with Gasteiger partial charge in [0.05, 0.1) is 16.1 Å². The Balaban J connectivity index is 1.43. The van der Waals surface area contributed by atoms with Crippen LogP contribution in [0.5, 0.6) is 0 Å². The molecule has 1 saturated carbocycles. The highest BCUT2D eigenvalue weighted by Crippen LogP contribution is 2.49. The molecule has 6 nitrogen and oxygen atoms in total. The molecule has 1 atom stereocenters. The second-order valence-corrected chi connectivity index (χ2v) is 10.6. The zero-order valence-electron chi connectivity index (χ0n) is 21.6. The first-order valence-electron chi connectivity index (χ1n) is 12.8. The highest BCUT2D eigenvalue weighted by Gasteiger charge is 2.51. The minimum atomic E-state index is -4.57. The summed E-state index contributed by atoms with van der Waals surface area (Å²) in [4.78, 5) is 13.0. The normalized spacial score (nSPS) is 20.9. The van der Waals surface area contributed by atoms with Gasteiger partial charge < -0.3 is 14.8 Å². The lowest BCUT2D eigenvalue weighted by molar-refractivity contribution is -0.137. The van der Waals surface area contributed by atoms with Crippen LogP contribution in [0.1, 0.15) is 58.4 Å². The van der Waals surface area contributed by atoms with Crippen molar-refractivity contribution in [3.8, 4) is 0 Å². The van der Waals surface area contributed by atoms with Crippen LogP contribution in [-0.2, 0) is 21.2 Å². The molecule has 0 saturated heterocycles. The molecule has 1 amide bonds. The second kappa shape index (κ2) is 10.6. The van der Waals surface area contributed by atoms with Crippen LogP contribution in [0, 0.1) is 19.8 Å². The van der Waals surface area contributed by atoms with Gasteiger partial charge in [0.25, 0.3) is 5.91 Å². The van der Waals surface area contributed by atoms with E-state index in [0.717, 1.165) is 35.0 Å². The molecule has 3 aromatic rings. The first-order valence-corrected chi connectivity index (χ1v) is 13.2. The number of benzene rings is 2. The number of ether oxygens (including phenoxy) is 2. The molecule has 1 aliphatic carbocycles. The van der Waals surface area contributed by atoms with Crippen LogP contribution in [-0.4, -0.2) is 28.5 Å². The number of aromatic nitrogens is 2. The lowest BCUT2D eigenvalue weighted by Gasteiger charge is -2.45. The minimum Gasteiger partial charge on any atom is -0.461 e. The van der Waals surface area contributed by atoms with Crippen molar-refractivity contribution in [2.75, 3.05) is 6.79 Å². The zero-order valence-corrected chi connectivity index (χ0v) is 22.4. The van der Waals surface area contributed by atoms with Crippen LogP contribution in [0.2, 0.25) is 5.02 Å². The number of nitrogens with zero attached hydrogens (tertiary/aromatic N) is 2. The summed E-state index contributed by atoms with van der Waals surface area (Å²) in [6.45, 7) is 4.15. The van der Waals surface area contributed by atoms with E-state index < -0.39 is 23.2 Å². The standard InChI is InChI=1S/C29H29ClF3N3O3/c1-18-4-3-5-21(14-18)28(26-16-38-17-39-26,36-19(2)12-13-34-36)20-6-9-23(10-7-20)35-27(37)24-15-22(29(31,32)33)8-11-25(24)30/h3-5,8,11-16,20,23H,6-7,9-10,17H2,1-2H3,(H,35,37). The molecule has 10 heteroatoms. The van der Waals surface area contributed by atoms with Gasteiger partial charge in [-0.05, 0) is 75.3 Å². The molecule has 0 spiro atoms. The molecule has 206 valence electrons. The Morgan fingerprint density at radius 1 is 1.05 bits per heavy atom. The van der Waals surface area contributed by atoms with Gasteiger partial charge in [0, 0.05) is 17.9 Å². The number of hydrogen-bond acceptors (Lipinski definition) is 4. The first kappa shape index (κ1) is 27.1. The van der Waals surface area contributed by atoms with Crippen molar-refractivity contribution in [1.82, 2.24) is 15.1 Å². The third-order valence-electron chi connectivity index (χ3n) is 7.66. The zero-order chi connectivity index (χ0) is 27.8. The number of nitrogens with one attached hydrogen (secondary N) is 1. The summed E-state index contributed by atoms with van der Waals surface area (Å²) in [5.74, 6) is 0.0944. The van der Waals surface area contributed by atoms with Crippen LogP contribution >= 0.6 is 11.6 Å². The van der Waals surface area contributed by atoms with Crippen molar-refractivity contribution in [1.29, 1.82) is 0 Å². The Morgan fingerprint density at radius 3 is 2.44 bits per heavy atom. The van der Waals surface area contributed by atoms with E-state index >= 15 is 0 Å². The topological polar surface area (TPSA) is 65.4 Å². The Morgan fingerprint density at radius 2 is 1.82 bits per heavy atom. The molecule has 1 aliphatic heterocycles. The second-order valence-electron chi connectivity index (χ2n) is 10.1. The molecular weight excluding hydrogens is 531 g/mol. The molecule has 1 aromatic heterocycles. The van der Waals surface area contributed by atoms with Crippen LogP contribution in [0.3, 0.4) is 0 Å². The van der Waals surface area contributed by atoms with Crippen LogP contribution < -0.4 is 5.32 Å². The average Bonchev–Trinajstić information content (AvgIpc) is 3.58. The quantitative estimate of drug-likeness (QED) is 0.363. The SMILES string of the molecule is Cc1cccc(C(C2=COCO2)(C2CCC(NC(=O)c3cc(C(F)(F)F)ccc3Cl)CC2)n2nccc2C)c1. The molecule has 39 heavy (non-hydrogen) atoms. The van der Waals surface area contributed by atoms with E-state index in [2.05, 4.69) is 17.4 Å². The number of aryl methyl sites for hydroxylation is 2. The molecule has 2 aliphatic rings. The third-order valence-corrected chi connectivity index (χ3v) is 7.99. The van der Waals surface area contributed by atoms with Gasteiger partial charge in [-0.3, -0.25) is 9.48 Å². The van der Waals surface area contributed by atoms with Crippen molar-refractivity contribution in [3.05, 3.63) is 99.7 Å². The van der Waals surface area contributed by atoms with E-state index in [1.54, 1.807) is 12.5 Å². The van der Waals surface area contributed by atoms with Gasteiger partial charge in [-0.2, -0.15) is 18.3 Å². The summed E-state index contributed by atoms with van der Waals surface area (Å²) in [7, 11) is 0. The third kappa shape index (κ3) is 5.12. The van der Waals surface area contributed by atoms with E-state index in [0.29, 0.717) is 31.4 Å². The van der Waals surface area contributed by atoms with Crippen LogP contribution in [0.25, 0.3) is 0 Å². The van der Waals surface area contributed by atoms with Crippen molar-refractivity contribution >= 4 is 17.5 Å². The predicted molar refractivity (Wildman–Crippen MR) is 140 cm³/mol. The number of rotatable bonds is 6. The number of alkyl halides is 3. The molecule has 5 rings (SSSR count). The van der Waals surface area contributed by atoms with Crippen LogP contribution in [0.4, 0.5) is 13.2 Å². The number of carbonyl (C=O) groups excluding carboxylic acids is 1. The Hall–Kier alpha value is -3.46. The number of allylic oxidation sites excluding steroid dienone is 1. The Labute approximate surface area is 229 Å². The summed E-state index contributed by atoms with van der Waals surface area (Å²) in [6, 6.07) is 12.8. The van der Waals surface area contributed by atoms with E-state index in [9.17, 15) is 18.0 Å². The van der Waals surface area contributed by atoms with Gasteiger partial charge in [0.1, 0.15) is 6.26 Å². The summed E-state index contributed by atoms with van der Waals surface area (Å²) in [6.07, 6.45) is 1.50.